The second kappa shape index (κ2) is 10.4. The van der Waals surface area contributed by atoms with Crippen molar-refractivity contribution in [3.8, 4) is 0 Å². The van der Waals surface area contributed by atoms with Crippen molar-refractivity contribution < 1.29 is 22.4 Å². The van der Waals surface area contributed by atoms with Crippen LogP contribution >= 0.6 is 0 Å². The van der Waals surface area contributed by atoms with Gasteiger partial charge in [0.15, 0.2) is 0 Å². The van der Waals surface area contributed by atoms with Crippen LogP contribution in [0.4, 0.5) is 10.1 Å². The lowest BCUT2D eigenvalue weighted by molar-refractivity contribution is -0.139. The topological polar surface area (TPSA) is 86.8 Å². The first-order valence-electron chi connectivity index (χ1n) is 9.89. The Morgan fingerprint density at radius 1 is 1.13 bits per heavy atom. The van der Waals surface area contributed by atoms with Crippen molar-refractivity contribution in [3.63, 3.8) is 0 Å². The van der Waals surface area contributed by atoms with Crippen molar-refractivity contribution in [2.75, 3.05) is 23.7 Å². The minimum atomic E-state index is -3.88. The van der Waals surface area contributed by atoms with Crippen molar-refractivity contribution in [1.29, 1.82) is 0 Å². The van der Waals surface area contributed by atoms with Crippen LogP contribution in [0.1, 0.15) is 25.0 Å². The average molecular weight is 450 g/mol. The molecule has 0 heterocycles. The van der Waals surface area contributed by atoms with Gasteiger partial charge in [0.05, 0.1) is 11.9 Å². The second-order valence-electron chi connectivity index (χ2n) is 7.27. The molecule has 0 saturated heterocycles. The Morgan fingerprint density at radius 3 is 2.39 bits per heavy atom. The molecule has 0 spiro atoms. The third-order valence-corrected chi connectivity index (χ3v) is 6.04. The fourth-order valence-corrected chi connectivity index (χ4v) is 3.96. The summed E-state index contributed by atoms with van der Waals surface area (Å²) in [5.41, 5.74) is 1.81. The third kappa shape index (κ3) is 6.52. The van der Waals surface area contributed by atoms with Gasteiger partial charge in [0.1, 0.15) is 18.4 Å². The van der Waals surface area contributed by atoms with E-state index in [0.717, 1.165) is 27.8 Å². The Kier molecular flexibility index (Phi) is 8.15. The molecule has 1 atom stereocenters. The molecule has 9 heteroatoms. The van der Waals surface area contributed by atoms with Gasteiger partial charge in [-0.15, -0.1) is 0 Å². The van der Waals surface area contributed by atoms with Gasteiger partial charge in [-0.2, -0.15) is 0 Å². The number of carbonyl (C=O) groups is 2. The molecule has 2 amide bonds. The molecule has 2 rings (SSSR count). The molecule has 0 aliphatic rings. The van der Waals surface area contributed by atoms with E-state index in [9.17, 15) is 22.4 Å². The van der Waals surface area contributed by atoms with Crippen LogP contribution in [0.5, 0.6) is 0 Å². The zero-order chi connectivity index (χ0) is 23.2. The zero-order valence-corrected chi connectivity index (χ0v) is 18.9. The van der Waals surface area contributed by atoms with E-state index in [1.54, 1.807) is 13.8 Å². The minimum Gasteiger partial charge on any atom is -0.355 e. The van der Waals surface area contributed by atoms with Crippen molar-refractivity contribution in [2.24, 2.45) is 0 Å². The van der Waals surface area contributed by atoms with E-state index in [4.69, 9.17) is 0 Å². The summed E-state index contributed by atoms with van der Waals surface area (Å²) in [6.07, 6.45) is 0.949. The first kappa shape index (κ1) is 24.3. The molecule has 0 aliphatic heterocycles. The van der Waals surface area contributed by atoms with Gasteiger partial charge in [0.2, 0.25) is 21.8 Å². The lowest BCUT2D eigenvalue weighted by atomic mass is 10.1. The number of nitrogens with one attached hydrogen (secondary N) is 1. The minimum absolute atomic E-state index is 0.0392. The highest BCUT2D eigenvalue weighted by Gasteiger charge is 2.30. The number of sulfonamides is 1. The van der Waals surface area contributed by atoms with Crippen molar-refractivity contribution in [3.05, 3.63) is 65.5 Å². The Bertz CT molecular complexity index is 1040. The molecular formula is C22H28FN3O4S. The van der Waals surface area contributed by atoms with E-state index < -0.39 is 34.3 Å². The van der Waals surface area contributed by atoms with E-state index in [-0.39, 0.29) is 18.1 Å². The Morgan fingerprint density at radius 2 is 1.81 bits per heavy atom. The third-order valence-electron chi connectivity index (χ3n) is 4.90. The smallest absolute Gasteiger partial charge is 0.244 e. The fourth-order valence-electron chi connectivity index (χ4n) is 3.12. The maximum Gasteiger partial charge on any atom is 0.244 e. The van der Waals surface area contributed by atoms with Gasteiger partial charge < -0.3 is 10.2 Å². The normalized spacial score (nSPS) is 12.2. The largest absolute Gasteiger partial charge is 0.355 e. The van der Waals surface area contributed by atoms with Crippen molar-refractivity contribution in [2.45, 2.75) is 33.4 Å². The van der Waals surface area contributed by atoms with E-state index in [1.165, 1.54) is 23.1 Å². The van der Waals surface area contributed by atoms with Gasteiger partial charge in [-0.25, -0.2) is 12.8 Å². The lowest BCUT2D eigenvalue weighted by Crippen LogP contribution is -2.51. The van der Waals surface area contributed by atoms with Gasteiger partial charge in [-0.3, -0.25) is 13.9 Å². The SMILES string of the molecule is CCNC(=O)[C@@H](C)N(Cc1ccccc1C)C(=O)CN(c1cccc(F)c1)S(C)(=O)=O. The molecule has 0 unspecified atom stereocenters. The number of carbonyl (C=O) groups excluding carboxylic acids is 2. The highest BCUT2D eigenvalue weighted by atomic mass is 32.2. The summed E-state index contributed by atoms with van der Waals surface area (Å²) in [5, 5.41) is 2.69. The summed E-state index contributed by atoms with van der Waals surface area (Å²) in [6, 6.07) is 11.6. The number of aryl methyl sites for hydroxylation is 1. The number of hydrogen-bond acceptors (Lipinski definition) is 4. The number of halogens is 1. The van der Waals surface area contributed by atoms with Crippen LogP contribution in [0.2, 0.25) is 0 Å². The molecule has 168 valence electrons. The quantitative estimate of drug-likeness (QED) is 0.637. The average Bonchev–Trinajstić information content (AvgIpc) is 2.70. The van der Waals surface area contributed by atoms with Crippen LogP contribution in [0.15, 0.2) is 48.5 Å². The van der Waals surface area contributed by atoms with Crippen LogP contribution < -0.4 is 9.62 Å². The van der Waals surface area contributed by atoms with Gasteiger partial charge in [-0.05, 0) is 50.1 Å². The van der Waals surface area contributed by atoms with E-state index in [2.05, 4.69) is 5.32 Å². The molecule has 0 saturated carbocycles. The Labute approximate surface area is 182 Å². The Hall–Kier alpha value is -2.94. The molecule has 0 aromatic heterocycles. The predicted molar refractivity (Wildman–Crippen MR) is 118 cm³/mol. The van der Waals surface area contributed by atoms with Gasteiger partial charge >= 0.3 is 0 Å². The number of hydrogen-bond donors (Lipinski definition) is 1. The highest BCUT2D eigenvalue weighted by Crippen LogP contribution is 2.20. The molecular weight excluding hydrogens is 421 g/mol. The number of nitrogens with zero attached hydrogens (tertiary/aromatic N) is 2. The number of amides is 2. The fraction of sp³-hybridized carbons (Fsp3) is 0.364. The zero-order valence-electron chi connectivity index (χ0n) is 18.1. The van der Waals surface area contributed by atoms with E-state index in [1.807, 2.05) is 31.2 Å². The standard InChI is InChI=1S/C22H28FN3O4S/c1-5-24-22(28)17(3)25(14-18-10-7-6-9-16(18)2)21(27)15-26(31(4,29)30)20-12-8-11-19(23)13-20/h6-13,17H,5,14-15H2,1-4H3,(H,24,28)/t17-/m1/s1. The number of benzene rings is 2. The van der Waals surface area contributed by atoms with Crippen LogP contribution in [0, 0.1) is 12.7 Å². The molecule has 2 aromatic rings. The monoisotopic (exact) mass is 449 g/mol. The molecule has 0 fully saturated rings. The predicted octanol–water partition coefficient (Wildman–Crippen LogP) is 2.45. The lowest BCUT2D eigenvalue weighted by Gasteiger charge is -2.31. The molecule has 0 radical (unpaired) electrons. The summed E-state index contributed by atoms with van der Waals surface area (Å²) in [4.78, 5) is 27.1. The molecule has 2 aromatic carbocycles. The van der Waals surface area contributed by atoms with Gasteiger partial charge in [0.25, 0.3) is 0 Å². The second-order valence-corrected chi connectivity index (χ2v) is 9.17. The summed E-state index contributed by atoms with van der Waals surface area (Å²) in [6.45, 7) is 5.22. The molecule has 0 bridgehead atoms. The maximum atomic E-state index is 13.7. The Balaban J connectivity index is 2.40. The molecule has 0 aliphatic carbocycles. The first-order valence-corrected chi connectivity index (χ1v) is 11.7. The van der Waals surface area contributed by atoms with Crippen LogP contribution in [-0.4, -0.2) is 50.5 Å². The van der Waals surface area contributed by atoms with Crippen LogP contribution in [0.25, 0.3) is 0 Å². The summed E-state index contributed by atoms with van der Waals surface area (Å²) < 4.78 is 39.3. The summed E-state index contributed by atoms with van der Waals surface area (Å²) >= 11 is 0. The van der Waals surface area contributed by atoms with E-state index >= 15 is 0 Å². The number of likely N-dealkylation sites (N-methyl/N-ethyl adjacent to an activating group) is 1. The highest BCUT2D eigenvalue weighted by molar-refractivity contribution is 7.92. The van der Waals surface area contributed by atoms with Crippen LogP contribution in [0.3, 0.4) is 0 Å². The summed E-state index contributed by atoms with van der Waals surface area (Å²) in [7, 11) is -3.88. The molecule has 7 nitrogen and oxygen atoms in total. The number of anilines is 1. The molecule has 1 N–H and O–H groups in total. The first-order chi connectivity index (χ1) is 14.5. The number of rotatable bonds is 9. The maximum absolute atomic E-state index is 13.7. The summed E-state index contributed by atoms with van der Waals surface area (Å²) in [5.74, 6) is -1.54. The van der Waals surface area contributed by atoms with Crippen molar-refractivity contribution in [1.82, 2.24) is 10.2 Å². The van der Waals surface area contributed by atoms with Gasteiger partial charge in [-0.1, -0.05) is 30.3 Å². The van der Waals surface area contributed by atoms with Gasteiger partial charge in [0, 0.05) is 13.1 Å². The molecule has 31 heavy (non-hydrogen) atoms. The van der Waals surface area contributed by atoms with E-state index in [0.29, 0.717) is 6.54 Å². The van der Waals surface area contributed by atoms with Crippen molar-refractivity contribution >= 4 is 27.5 Å². The van der Waals surface area contributed by atoms with Crippen LogP contribution in [-0.2, 0) is 26.2 Å².